The van der Waals surface area contributed by atoms with Crippen molar-refractivity contribution in [2.24, 2.45) is 0 Å². The van der Waals surface area contributed by atoms with E-state index in [1.165, 1.54) is 11.8 Å². The molecule has 3 aromatic rings. The Bertz CT molecular complexity index is 974. The average Bonchev–Trinajstić information content (AvgIpc) is 3.15. The zero-order chi connectivity index (χ0) is 20.1. The number of rotatable bonds is 7. The van der Waals surface area contributed by atoms with Gasteiger partial charge in [0.25, 0.3) is 11.1 Å². The Kier molecular flexibility index (Phi) is 6.20. The molecule has 0 unspecified atom stereocenters. The van der Waals surface area contributed by atoms with Gasteiger partial charge >= 0.3 is 0 Å². The summed E-state index contributed by atoms with van der Waals surface area (Å²) in [7, 11) is 3.14. The lowest BCUT2D eigenvalue weighted by molar-refractivity contribution is -0.115. The molecule has 3 rings (SSSR count). The van der Waals surface area contributed by atoms with Crippen molar-refractivity contribution in [1.82, 2.24) is 10.2 Å². The molecule has 28 heavy (non-hydrogen) atoms. The van der Waals surface area contributed by atoms with E-state index in [9.17, 15) is 4.79 Å². The molecule has 1 N–H and O–H groups in total. The van der Waals surface area contributed by atoms with Gasteiger partial charge in [-0.15, -0.1) is 10.2 Å². The molecule has 8 heteroatoms. The van der Waals surface area contributed by atoms with Crippen LogP contribution in [-0.4, -0.2) is 35.6 Å². The van der Waals surface area contributed by atoms with Crippen LogP contribution >= 0.6 is 11.8 Å². The monoisotopic (exact) mass is 399 g/mol. The SMILES string of the molecule is COc1ccc(-c2nnc(S[C@@H](C)C(=O)Nc3cccc(C)c3)o2)c(OC)c1. The molecule has 0 fully saturated rings. The second kappa shape index (κ2) is 8.79. The fourth-order valence-corrected chi connectivity index (χ4v) is 3.20. The summed E-state index contributed by atoms with van der Waals surface area (Å²) < 4.78 is 16.3. The molecule has 0 aliphatic heterocycles. The zero-order valence-electron chi connectivity index (χ0n) is 16.1. The number of benzene rings is 2. The normalized spacial score (nSPS) is 11.7. The number of aromatic nitrogens is 2. The minimum Gasteiger partial charge on any atom is -0.497 e. The van der Waals surface area contributed by atoms with E-state index in [-0.39, 0.29) is 5.91 Å². The largest absolute Gasteiger partial charge is 0.497 e. The van der Waals surface area contributed by atoms with Gasteiger partial charge in [-0.25, -0.2) is 0 Å². The van der Waals surface area contributed by atoms with Gasteiger partial charge in [0.15, 0.2) is 0 Å². The molecule has 0 spiro atoms. The highest BCUT2D eigenvalue weighted by Crippen LogP contribution is 2.34. The van der Waals surface area contributed by atoms with Crippen LogP contribution in [0, 0.1) is 6.92 Å². The van der Waals surface area contributed by atoms with Gasteiger partial charge in [0.2, 0.25) is 5.91 Å². The number of nitrogens with one attached hydrogen (secondary N) is 1. The molecule has 1 amide bonds. The minimum atomic E-state index is -0.411. The smallest absolute Gasteiger partial charge is 0.277 e. The first-order chi connectivity index (χ1) is 13.5. The Morgan fingerprint density at radius 2 is 1.96 bits per heavy atom. The summed E-state index contributed by atoms with van der Waals surface area (Å²) in [6.45, 7) is 3.76. The van der Waals surface area contributed by atoms with Crippen molar-refractivity contribution in [1.29, 1.82) is 0 Å². The second-order valence-electron chi connectivity index (χ2n) is 6.06. The number of thioether (sulfide) groups is 1. The van der Waals surface area contributed by atoms with E-state index in [2.05, 4.69) is 15.5 Å². The highest BCUT2D eigenvalue weighted by Gasteiger charge is 2.20. The van der Waals surface area contributed by atoms with Crippen molar-refractivity contribution >= 4 is 23.4 Å². The van der Waals surface area contributed by atoms with E-state index in [1.54, 1.807) is 39.3 Å². The third-order valence-electron chi connectivity index (χ3n) is 3.98. The number of nitrogens with zero attached hydrogens (tertiary/aromatic N) is 2. The van der Waals surface area contributed by atoms with Gasteiger partial charge < -0.3 is 19.2 Å². The lowest BCUT2D eigenvalue weighted by Crippen LogP contribution is -2.22. The van der Waals surface area contributed by atoms with Crippen LogP contribution in [0.4, 0.5) is 5.69 Å². The molecule has 0 saturated carbocycles. The molecule has 1 heterocycles. The summed E-state index contributed by atoms with van der Waals surface area (Å²) in [5.41, 5.74) is 2.49. The molecular formula is C20H21N3O4S. The van der Waals surface area contributed by atoms with Gasteiger partial charge in [0, 0.05) is 11.8 Å². The molecule has 0 bridgehead atoms. The summed E-state index contributed by atoms with van der Waals surface area (Å²) in [5, 5.41) is 10.9. The Balaban J connectivity index is 1.69. The van der Waals surface area contributed by atoms with Gasteiger partial charge in [-0.2, -0.15) is 0 Å². The van der Waals surface area contributed by atoms with Crippen molar-refractivity contribution < 1.29 is 18.7 Å². The predicted octanol–water partition coefficient (Wildman–Crippen LogP) is 4.18. The molecule has 2 aromatic carbocycles. The zero-order valence-corrected chi connectivity index (χ0v) is 16.9. The Morgan fingerprint density at radius 3 is 2.68 bits per heavy atom. The summed E-state index contributed by atoms with van der Waals surface area (Å²) in [4.78, 5) is 12.4. The van der Waals surface area contributed by atoms with Crippen LogP contribution in [0.15, 0.2) is 52.1 Å². The first-order valence-electron chi connectivity index (χ1n) is 8.60. The van der Waals surface area contributed by atoms with E-state index in [4.69, 9.17) is 13.9 Å². The maximum Gasteiger partial charge on any atom is 0.277 e. The summed E-state index contributed by atoms with van der Waals surface area (Å²) in [5.74, 6) is 1.40. The van der Waals surface area contributed by atoms with Gasteiger partial charge in [0.1, 0.15) is 11.5 Å². The quantitative estimate of drug-likeness (QED) is 0.596. The van der Waals surface area contributed by atoms with Crippen molar-refractivity contribution in [3.8, 4) is 23.0 Å². The van der Waals surface area contributed by atoms with Crippen LogP contribution in [0.5, 0.6) is 11.5 Å². The van der Waals surface area contributed by atoms with Crippen LogP contribution in [0.1, 0.15) is 12.5 Å². The number of anilines is 1. The second-order valence-corrected chi connectivity index (χ2v) is 7.35. The van der Waals surface area contributed by atoms with Crippen LogP contribution in [0.2, 0.25) is 0 Å². The molecule has 0 aliphatic rings. The van der Waals surface area contributed by atoms with Gasteiger partial charge in [-0.05, 0) is 43.7 Å². The van der Waals surface area contributed by atoms with Gasteiger partial charge in [-0.3, -0.25) is 4.79 Å². The highest BCUT2D eigenvalue weighted by atomic mass is 32.2. The van der Waals surface area contributed by atoms with Crippen molar-refractivity contribution in [2.75, 3.05) is 19.5 Å². The summed E-state index contributed by atoms with van der Waals surface area (Å²) in [6.07, 6.45) is 0. The van der Waals surface area contributed by atoms with E-state index in [1.807, 2.05) is 31.2 Å². The maximum atomic E-state index is 12.4. The molecule has 0 radical (unpaired) electrons. The molecule has 0 saturated heterocycles. The number of amides is 1. The van der Waals surface area contributed by atoms with Gasteiger partial charge in [-0.1, -0.05) is 23.9 Å². The number of hydrogen-bond acceptors (Lipinski definition) is 7. The number of hydrogen-bond donors (Lipinski definition) is 1. The molecule has 1 aromatic heterocycles. The highest BCUT2D eigenvalue weighted by molar-refractivity contribution is 8.00. The van der Waals surface area contributed by atoms with Crippen molar-refractivity contribution in [3.05, 3.63) is 48.0 Å². The Labute approximate surface area is 167 Å². The number of methoxy groups -OCH3 is 2. The molecular weight excluding hydrogens is 378 g/mol. The molecule has 0 aliphatic carbocycles. The van der Waals surface area contributed by atoms with Crippen LogP contribution in [-0.2, 0) is 4.79 Å². The van der Waals surface area contributed by atoms with Crippen LogP contribution < -0.4 is 14.8 Å². The van der Waals surface area contributed by atoms with E-state index in [0.717, 1.165) is 11.3 Å². The van der Waals surface area contributed by atoms with Crippen LogP contribution in [0.25, 0.3) is 11.5 Å². The first kappa shape index (κ1) is 19.8. The first-order valence-corrected chi connectivity index (χ1v) is 9.48. The molecule has 7 nitrogen and oxygen atoms in total. The van der Waals surface area contributed by atoms with Gasteiger partial charge in [0.05, 0.1) is 25.0 Å². The number of carbonyl (C=O) groups is 1. The molecule has 146 valence electrons. The number of aryl methyl sites for hydroxylation is 1. The van der Waals surface area contributed by atoms with E-state index in [0.29, 0.717) is 28.2 Å². The summed E-state index contributed by atoms with van der Waals surface area (Å²) >= 11 is 1.19. The lowest BCUT2D eigenvalue weighted by Gasteiger charge is -2.10. The minimum absolute atomic E-state index is 0.141. The van der Waals surface area contributed by atoms with E-state index >= 15 is 0 Å². The van der Waals surface area contributed by atoms with Crippen molar-refractivity contribution in [2.45, 2.75) is 24.3 Å². The number of carbonyl (C=O) groups excluding carboxylic acids is 1. The number of ether oxygens (including phenoxy) is 2. The lowest BCUT2D eigenvalue weighted by atomic mass is 10.2. The fraction of sp³-hybridized carbons (Fsp3) is 0.250. The Morgan fingerprint density at radius 1 is 1.14 bits per heavy atom. The van der Waals surface area contributed by atoms with Crippen molar-refractivity contribution in [3.63, 3.8) is 0 Å². The molecule has 1 atom stereocenters. The van der Waals surface area contributed by atoms with E-state index < -0.39 is 5.25 Å². The third kappa shape index (κ3) is 4.64. The fourth-order valence-electron chi connectivity index (χ4n) is 2.51. The average molecular weight is 399 g/mol. The maximum absolute atomic E-state index is 12.4. The topological polar surface area (TPSA) is 86.5 Å². The predicted molar refractivity (Wildman–Crippen MR) is 108 cm³/mol. The Hall–Kier alpha value is -3.00. The van der Waals surface area contributed by atoms with Crippen LogP contribution in [0.3, 0.4) is 0 Å². The summed E-state index contributed by atoms with van der Waals surface area (Å²) in [6, 6.07) is 12.9. The third-order valence-corrected chi connectivity index (χ3v) is 4.91. The standard InChI is InChI=1S/C20H21N3O4S/c1-12-6-5-7-14(10-12)21-18(24)13(2)28-20-23-22-19(27-20)16-9-8-15(25-3)11-17(16)26-4/h5-11,13H,1-4H3,(H,21,24)/t13-/m0/s1.